The molecule has 0 atom stereocenters. The average molecular weight is 217 g/mol. The van der Waals surface area contributed by atoms with Gasteiger partial charge in [-0.1, -0.05) is 0 Å². The van der Waals surface area contributed by atoms with Crippen LogP contribution in [-0.4, -0.2) is 28.7 Å². The quantitative estimate of drug-likeness (QED) is 0.732. The summed E-state index contributed by atoms with van der Waals surface area (Å²) in [6, 6.07) is 0. The summed E-state index contributed by atoms with van der Waals surface area (Å²) in [6.45, 7) is 4.98. The standard InChI is InChI=1S/C9H15NO5/c1-9(2,3)15-8(14)10-6(11)4-5-7(12)13/h4-5H2,1-3H3,(H,12,13)(H,10,11,14). The van der Waals surface area contributed by atoms with E-state index in [4.69, 9.17) is 9.84 Å². The van der Waals surface area contributed by atoms with Gasteiger partial charge in [0.25, 0.3) is 0 Å². The minimum Gasteiger partial charge on any atom is -0.481 e. The van der Waals surface area contributed by atoms with Crippen LogP contribution in [0, 0.1) is 0 Å². The lowest BCUT2D eigenvalue weighted by Crippen LogP contribution is -2.36. The van der Waals surface area contributed by atoms with E-state index < -0.39 is 23.6 Å². The third-order valence-electron chi connectivity index (χ3n) is 1.21. The average Bonchev–Trinajstić information content (AvgIpc) is 1.96. The van der Waals surface area contributed by atoms with Gasteiger partial charge in [0.1, 0.15) is 5.60 Å². The number of rotatable bonds is 3. The van der Waals surface area contributed by atoms with Crippen LogP contribution in [0.15, 0.2) is 0 Å². The molecule has 0 aliphatic rings. The first kappa shape index (κ1) is 13.4. The number of hydrogen-bond donors (Lipinski definition) is 2. The molecule has 0 heterocycles. The van der Waals surface area contributed by atoms with Crippen LogP contribution < -0.4 is 5.32 Å². The minimum absolute atomic E-state index is 0.241. The van der Waals surface area contributed by atoms with E-state index in [1.54, 1.807) is 20.8 Å². The molecule has 0 saturated carbocycles. The van der Waals surface area contributed by atoms with Crippen LogP contribution in [0.1, 0.15) is 33.6 Å². The summed E-state index contributed by atoms with van der Waals surface area (Å²) in [7, 11) is 0. The third-order valence-corrected chi connectivity index (χ3v) is 1.21. The van der Waals surface area contributed by atoms with Crippen LogP contribution in [0.3, 0.4) is 0 Å². The van der Waals surface area contributed by atoms with Crippen LogP contribution >= 0.6 is 0 Å². The van der Waals surface area contributed by atoms with Crippen molar-refractivity contribution >= 4 is 18.0 Å². The molecule has 0 aliphatic carbocycles. The first-order valence-electron chi connectivity index (χ1n) is 4.45. The number of amides is 2. The van der Waals surface area contributed by atoms with Gasteiger partial charge in [-0.15, -0.1) is 0 Å². The van der Waals surface area contributed by atoms with E-state index in [0.717, 1.165) is 0 Å². The Morgan fingerprint density at radius 1 is 1.20 bits per heavy atom. The van der Waals surface area contributed by atoms with Gasteiger partial charge in [0, 0.05) is 6.42 Å². The zero-order valence-corrected chi connectivity index (χ0v) is 8.99. The predicted octanol–water partition coefficient (Wildman–Crippen LogP) is 0.903. The Labute approximate surface area is 87.6 Å². The molecule has 2 amide bonds. The van der Waals surface area contributed by atoms with Crippen molar-refractivity contribution in [3.05, 3.63) is 0 Å². The van der Waals surface area contributed by atoms with Gasteiger partial charge in [-0.2, -0.15) is 0 Å². The van der Waals surface area contributed by atoms with Crippen molar-refractivity contribution in [2.75, 3.05) is 0 Å². The summed E-state index contributed by atoms with van der Waals surface area (Å²) < 4.78 is 4.80. The second-order valence-electron chi connectivity index (χ2n) is 3.94. The van der Waals surface area contributed by atoms with E-state index in [9.17, 15) is 14.4 Å². The molecule has 15 heavy (non-hydrogen) atoms. The molecule has 2 N–H and O–H groups in total. The van der Waals surface area contributed by atoms with Crippen molar-refractivity contribution in [2.24, 2.45) is 0 Å². The van der Waals surface area contributed by atoms with E-state index in [-0.39, 0.29) is 12.8 Å². The second kappa shape index (κ2) is 5.33. The Morgan fingerprint density at radius 3 is 2.13 bits per heavy atom. The van der Waals surface area contributed by atoms with Crippen molar-refractivity contribution < 1.29 is 24.2 Å². The molecule has 6 nitrogen and oxygen atoms in total. The summed E-state index contributed by atoms with van der Waals surface area (Å²) in [5.74, 6) is -1.75. The fourth-order valence-electron chi connectivity index (χ4n) is 0.700. The highest BCUT2D eigenvalue weighted by Crippen LogP contribution is 2.06. The number of imide groups is 1. The van der Waals surface area contributed by atoms with Crippen LogP contribution in [0.25, 0.3) is 0 Å². The maximum atomic E-state index is 11.0. The first-order chi connectivity index (χ1) is 6.70. The highest BCUT2D eigenvalue weighted by Gasteiger charge is 2.18. The fraction of sp³-hybridized carbons (Fsp3) is 0.667. The summed E-state index contributed by atoms with van der Waals surface area (Å²) in [4.78, 5) is 32.1. The molecule has 0 aromatic rings. The lowest BCUT2D eigenvalue weighted by molar-refractivity contribution is -0.138. The number of aliphatic carboxylic acids is 1. The first-order valence-corrected chi connectivity index (χ1v) is 4.45. The maximum Gasteiger partial charge on any atom is 0.414 e. The van der Waals surface area contributed by atoms with Crippen LogP contribution in [0.5, 0.6) is 0 Å². The topological polar surface area (TPSA) is 92.7 Å². The second-order valence-corrected chi connectivity index (χ2v) is 3.94. The van der Waals surface area contributed by atoms with Gasteiger partial charge in [-0.3, -0.25) is 14.9 Å². The summed E-state index contributed by atoms with van der Waals surface area (Å²) in [5, 5.41) is 10.2. The highest BCUT2D eigenvalue weighted by atomic mass is 16.6. The maximum absolute atomic E-state index is 11.0. The Hall–Kier alpha value is -1.59. The van der Waals surface area contributed by atoms with Gasteiger partial charge in [-0.25, -0.2) is 4.79 Å². The van der Waals surface area contributed by atoms with Gasteiger partial charge >= 0.3 is 12.1 Å². The Morgan fingerprint density at radius 2 is 1.73 bits per heavy atom. The Balaban J connectivity index is 3.87. The smallest absolute Gasteiger partial charge is 0.414 e. The fourth-order valence-corrected chi connectivity index (χ4v) is 0.700. The molecule has 0 aliphatic heterocycles. The molecule has 0 unspecified atom stereocenters. The number of carbonyl (C=O) groups excluding carboxylic acids is 2. The molecule has 86 valence electrons. The third kappa shape index (κ3) is 8.73. The molecule has 0 fully saturated rings. The van der Waals surface area contributed by atoms with Crippen LogP contribution in [0.2, 0.25) is 0 Å². The molecular formula is C9H15NO5. The largest absolute Gasteiger partial charge is 0.481 e. The SMILES string of the molecule is CC(C)(C)OC(=O)NC(=O)CCC(=O)O. The van der Waals surface area contributed by atoms with Gasteiger partial charge in [0.05, 0.1) is 6.42 Å². The van der Waals surface area contributed by atoms with E-state index >= 15 is 0 Å². The zero-order valence-electron chi connectivity index (χ0n) is 8.99. The van der Waals surface area contributed by atoms with Gasteiger partial charge < -0.3 is 9.84 Å². The molecule has 0 aromatic carbocycles. The number of ether oxygens (including phenoxy) is 1. The van der Waals surface area contributed by atoms with Gasteiger partial charge in [-0.05, 0) is 20.8 Å². The number of nitrogens with one attached hydrogen (secondary N) is 1. The van der Waals surface area contributed by atoms with E-state index in [1.165, 1.54) is 0 Å². The lowest BCUT2D eigenvalue weighted by Gasteiger charge is -2.19. The number of carboxylic acid groups (broad SMARTS) is 1. The predicted molar refractivity (Wildman–Crippen MR) is 51.2 cm³/mol. The van der Waals surface area contributed by atoms with Crippen molar-refractivity contribution in [1.82, 2.24) is 5.32 Å². The Kier molecular flexibility index (Phi) is 4.77. The number of hydrogen-bond acceptors (Lipinski definition) is 4. The number of alkyl carbamates (subject to hydrolysis) is 1. The molecule has 6 heteroatoms. The van der Waals surface area contributed by atoms with E-state index in [1.807, 2.05) is 5.32 Å². The molecular weight excluding hydrogens is 202 g/mol. The minimum atomic E-state index is -1.09. The molecule has 0 radical (unpaired) electrons. The van der Waals surface area contributed by atoms with Crippen LogP contribution in [0.4, 0.5) is 4.79 Å². The summed E-state index contributed by atoms with van der Waals surface area (Å²) in [6.07, 6.45) is -1.42. The highest BCUT2D eigenvalue weighted by molar-refractivity contribution is 5.93. The lowest BCUT2D eigenvalue weighted by atomic mass is 10.2. The normalized spacial score (nSPS) is 10.6. The van der Waals surface area contributed by atoms with Crippen molar-refractivity contribution in [1.29, 1.82) is 0 Å². The van der Waals surface area contributed by atoms with E-state index in [0.29, 0.717) is 0 Å². The number of carbonyl (C=O) groups is 3. The zero-order chi connectivity index (χ0) is 12.1. The molecule has 0 rings (SSSR count). The summed E-state index contributed by atoms with van der Waals surface area (Å²) in [5.41, 5.74) is -0.683. The van der Waals surface area contributed by atoms with E-state index in [2.05, 4.69) is 0 Å². The number of carboxylic acids is 1. The Bertz CT molecular complexity index is 266. The van der Waals surface area contributed by atoms with Crippen molar-refractivity contribution in [3.63, 3.8) is 0 Å². The monoisotopic (exact) mass is 217 g/mol. The van der Waals surface area contributed by atoms with Crippen LogP contribution in [-0.2, 0) is 14.3 Å². The van der Waals surface area contributed by atoms with Gasteiger partial charge in [0.2, 0.25) is 5.91 Å². The molecule has 0 bridgehead atoms. The molecule has 0 saturated heterocycles. The van der Waals surface area contributed by atoms with Crippen molar-refractivity contribution in [2.45, 2.75) is 39.2 Å². The molecule has 0 spiro atoms. The molecule has 0 aromatic heterocycles. The van der Waals surface area contributed by atoms with Gasteiger partial charge in [0.15, 0.2) is 0 Å². The summed E-state index contributed by atoms with van der Waals surface area (Å²) >= 11 is 0. The van der Waals surface area contributed by atoms with Crippen molar-refractivity contribution in [3.8, 4) is 0 Å².